The highest BCUT2D eigenvalue weighted by Crippen LogP contribution is 2.25. The predicted molar refractivity (Wildman–Crippen MR) is 65.8 cm³/mol. The molecule has 0 spiro atoms. The summed E-state index contributed by atoms with van der Waals surface area (Å²) < 4.78 is 5.45. The zero-order valence-electron chi connectivity index (χ0n) is 9.09. The molecular formula is C12H14N2OS. The summed E-state index contributed by atoms with van der Waals surface area (Å²) >= 11 is 1.57. The molecule has 4 heteroatoms. The number of benzene rings is 1. The first-order chi connectivity index (χ1) is 7.81. The van der Waals surface area contributed by atoms with Gasteiger partial charge >= 0.3 is 0 Å². The Morgan fingerprint density at radius 1 is 1.50 bits per heavy atom. The topological polar surface area (TPSA) is 48.1 Å². The van der Waals surface area contributed by atoms with Crippen LogP contribution in [0.1, 0.15) is 23.4 Å². The fraction of sp³-hybridized carbons (Fsp3) is 0.250. The molecule has 0 aliphatic rings. The quantitative estimate of drug-likeness (QED) is 0.884. The van der Waals surface area contributed by atoms with Crippen LogP contribution in [0.15, 0.2) is 36.0 Å². The van der Waals surface area contributed by atoms with E-state index < -0.39 is 0 Å². The Morgan fingerprint density at radius 2 is 2.38 bits per heavy atom. The fourth-order valence-electron chi connectivity index (χ4n) is 1.51. The van der Waals surface area contributed by atoms with E-state index in [1.807, 2.05) is 37.4 Å². The van der Waals surface area contributed by atoms with Gasteiger partial charge in [0.25, 0.3) is 0 Å². The van der Waals surface area contributed by atoms with Crippen molar-refractivity contribution in [3.05, 3.63) is 46.4 Å². The highest BCUT2D eigenvalue weighted by atomic mass is 32.1. The second-order valence-corrected chi connectivity index (χ2v) is 4.30. The van der Waals surface area contributed by atoms with Crippen molar-refractivity contribution in [2.24, 2.45) is 5.73 Å². The van der Waals surface area contributed by atoms with Crippen molar-refractivity contribution >= 4 is 11.3 Å². The first-order valence-electron chi connectivity index (χ1n) is 5.18. The zero-order valence-corrected chi connectivity index (χ0v) is 9.91. The first kappa shape index (κ1) is 11.1. The summed E-state index contributed by atoms with van der Waals surface area (Å²) in [7, 11) is 0. The molecule has 2 N–H and O–H groups in total. The maximum atomic E-state index is 6.14. The van der Waals surface area contributed by atoms with Gasteiger partial charge in [-0.15, -0.1) is 11.3 Å². The number of hydrogen-bond donors (Lipinski definition) is 1. The Bertz CT molecular complexity index is 442. The summed E-state index contributed by atoms with van der Waals surface area (Å²) in [5, 5.41) is 0. The first-order valence-corrected chi connectivity index (χ1v) is 6.06. The molecule has 1 atom stereocenters. The lowest BCUT2D eigenvalue weighted by Gasteiger charge is -2.11. The number of aromatic nitrogens is 1. The van der Waals surface area contributed by atoms with Crippen LogP contribution in [0.25, 0.3) is 0 Å². The second-order valence-electron chi connectivity index (χ2n) is 3.39. The number of thiazole rings is 1. The minimum Gasteiger partial charge on any atom is -0.494 e. The Hall–Kier alpha value is -1.39. The number of hydrogen-bond acceptors (Lipinski definition) is 4. The van der Waals surface area contributed by atoms with E-state index >= 15 is 0 Å². The monoisotopic (exact) mass is 234 g/mol. The predicted octanol–water partition coefficient (Wildman–Crippen LogP) is 2.59. The Morgan fingerprint density at radius 3 is 3.06 bits per heavy atom. The third-order valence-corrected chi connectivity index (χ3v) is 3.14. The average molecular weight is 234 g/mol. The largest absolute Gasteiger partial charge is 0.494 e. The number of nitrogens with zero attached hydrogens (tertiary/aromatic N) is 1. The maximum absolute atomic E-state index is 6.14. The summed E-state index contributed by atoms with van der Waals surface area (Å²) in [5.74, 6) is 0.861. The molecule has 84 valence electrons. The van der Waals surface area contributed by atoms with E-state index in [1.165, 1.54) is 0 Å². The van der Waals surface area contributed by atoms with Crippen LogP contribution in [0.5, 0.6) is 5.75 Å². The highest BCUT2D eigenvalue weighted by molar-refractivity contribution is 7.09. The summed E-state index contributed by atoms with van der Waals surface area (Å²) in [4.78, 5) is 5.10. The molecule has 3 nitrogen and oxygen atoms in total. The molecule has 0 saturated heterocycles. The average Bonchev–Trinajstić information content (AvgIpc) is 2.82. The minimum absolute atomic E-state index is 0.118. The molecule has 1 heterocycles. The van der Waals surface area contributed by atoms with Crippen molar-refractivity contribution in [2.75, 3.05) is 6.61 Å². The van der Waals surface area contributed by atoms with Crippen LogP contribution < -0.4 is 10.5 Å². The van der Waals surface area contributed by atoms with E-state index in [1.54, 1.807) is 16.8 Å². The lowest BCUT2D eigenvalue weighted by atomic mass is 10.1. The molecule has 0 saturated carbocycles. The van der Waals surface area contributed by atoms with Gasteiger partial charge < -0.3 is 10.5 Å². The van der Waals surface area contributed by atoms with Gasteiger partial charge in [0.15, 0.2) is 0 Å². The molecule has 0 bridgehead atoms. The third-order valence-electron chi connectivity index (χ3n) is 2.29. The number of rotatable bonds is 4. The van der Waals surface area contributed by atoms with Crippen molar-refractivity contribution in [3.63, 3.8) is 0 Å². The van der Waals surface area contributed by atoms with Gasteiger partial charge in [-0.2, -0.15) is 0 Å². The van der Waals surface area contributed by atoms with Gasteiger partial charge in [-0.25, -0.2) is 0 Å². The summed E-state index contributed by atoms with van der Waals surface area (Å²) in [5.41, 5.74) is 8.99. The van der Waals surface area contributed by atoms with Gasteiger partial charge in [0.05, 0.1) is 18.2 Å². The minimum atomic E-state index is -0.118. The van der Waals surface area contributed by atoms with Crippen molar-refractivity contribution in [1.29, 1.82) is 0 Å². The van der Waals surface area contributed by atoms with Gasteiger partial charge in [0, 0.05) is 11.1 Å². The van der Waals surface area contributed by atoms with Gasteiger partial charge in [-0.1, -0.05) is 12.1 Å². The van der Waals surface area contributed by atoms with Gasteiger partial charge in [0.1, 0.15) is 5.75 Å². The lowest BCUT2D eigenvalue weighted by Crippen LogP contribution is -2.10. The van der Waals surface area contributed by atoms with Crippen LogP contribution in [-0.4, -0.2) is 11.6 Å². The molecule has 0 aliphatic carbocycles. The van der Waals surface area contributed by atoms with Crippen LogP contribution in [0.4, 0.5) is 0 Å². The molecule has 0 aliphatic heterocycles. The Balaban J connectivity index is 2.23. The standard InChI is InChI=1S/C12H14N2OS/c1-2-15-10-5-3-4-9(6-10)12(13)11-7-14-8-16-11/h3-8,12H,2,13H2,1H3. The van der Waals surface area contributed by atoms with Crippen LogP contribution >= 0.6 is 11.3 Å². The third kappa shape index (κ3) is 2.40. The van der Waals surface area contributed by atoms with E-state index in [0.717, 1.165) is 16.2 Å². The Labute approximate surface area is 98.9 Å². The van der Waals surface area contributed by atoms with Gasteiger partial charge in [-0.3, -0.25) is 4.98 Å². The van der Waals surface area contributed by atoms with E-state index in [0.29, 0.717) is 6.61 Å². The van der Waals surface area contributed by atoms with Crippen LogP contribution in [0.3, 0.4) is 0 Å². The van der Waals surface area contributed by atoms with E-state index in [2.05, 4.69) is 4.98 Å². The molecule has 2 aromatic rings. The fourth-order valence-corrected chi connectivity index (χ4v) is 2.16. The summed E-state index contributed by atoms with van der Waals surface area (Å²) in [6.07, 6.45) is 1.81. The van der Waals surface area contributed by atoms with Crippen molar-refractivity contribution < 1.29 is 4.74 Å². The molecule has 2 rings (SSSR count). The molecular weight excluding hydrogens is 220 g/mol. The SMILES string of the molecule is CCOc1cccc(C(N)c2cncs2)c1. The molecule has 0 radical (unpaired) electrons. The molecule has 0 amide bonds. The molecule has 1 aromatic carbocycles. The molecule has 1 unspecified atom stereocenters. The molecule has 0 fully saturated rings. The zero-order chi connectivity index (χ0) is 11.4. The van der Waals surface area contributed by atoms with Crippen LogP contribution in [0, 0.1) is 0 Å². The van der Waals surface area contributed by atoms with E-state index in [9.17, 15) is 0 Å². The number of nitrogens with two attached hydrogens (primary N) is 1. The Kier molecular flexibility index (Phi) is 3.54. The van der Waals surface area contributed by atoms with Gasteiger partial charge in [-0.05, 0) is 24.6 Å². The van der Waals surface area contributed by atoms with Crippen LogP contribution in [0.2, 0.25) is 0 Å². The lowest BCUT2D eigenvalue weighted by molar-refractivity contribution is 0.340. The van der Waals surface area contributed by atoms with Crippen molar-refractivity contribution in [2.45, 2.75) is 13.0 Å². The smallest absolute Gasteiger partial charge is 0.119 e. The summed E-state index contributed by atoms with van der Waals surface area (Å²) in [6, 6.07) is 7.77. The van der Waals surface area contributed by atoms with E-state index in [-0.39, 0.29) is 6.04 Å². The normalized spacial score (nSPS) is 12.4. The number of ether oxygens (including phenoxy) is 1. The maximum Gasteiger partial charge on any atom is 0.119 e. The summed E-state index contributed by atoms with van der Waals surface area (Å²) in [6.45, 7) is 2.63. The van der Waals surface area contributed by atoms with Crippen molar-refractivity contribution in [1.82, 2.24) is 4.98 Å². The van der Waals surface area contributed by atoms with Crippen molar-refractivity contribution in [3.8, 4) is 5.75 Å². The second kappa shape index (κ2) is 5.09. The van der Waals surface area contributed by atoms with Crippen LogP contribution in [-0.2, 0) is 0 Å². The molecule has 1 aromatic heterocycles. The van der Waals surface area contributed by atoms with E-state index in [4.69, 9.17) is 10.5 Å². The molecule has 16 heavy (non-hydrogen) atoms. The highest BCUT2D eigenvalue weighted by Gasteiger charge is 2.10. The van der Waals surface area contributed by atoms with Gasteiger partial charge in [0.2, 0.25) is 0 Å².